The molecule has 5 heteroatoms. The van der Waals surface area contributed by atoms with Crippen LogP contribution in [0.15, 0.2) is 0 Å². The number of ether oxygens (including phenoxy) is 1. The highest BCUT2D eigenvalue weighted by atomic mass is 16.5. The van der Waals surface area contributed by atoms with Gasteiger partial charge in [0.05, 0.1) is 25.9 Å². The van der Waals surface area contributed by atoms with Gasteiger partial charge in [-0.25, -0.2) is 0 Å². The number of nitrogens with one attached hydrogen (secondary N) is 2. The molecule has 0 aromatic rings. The van der Waals surface area contributed by atoms with Gasteiger partial charge in [0.1, 0.15) is 0 Å². The van der Waals surface area contributed by atoms with E-state index < -0.39 is 0 Å². The number of aliphatic hydroxyl groups excluding tert-OH is 1. The number of amides is 1. The number of carbonyl (C=O) groups excluding carboxylic acids is 1. The summed E-state index contributed by atoms with van der Waals surface area (Å²) in [6.07, 6.45) is 0.943. The first-order chi connectivity index (χ1) is 7.22. The first kappa shape index (κ1) is 14.3. The predicted molar refractivity (Wildman–Crippen MR) is 58.7 cm³/mol. The third kappa shape index (κ3) is 8.35. The van der Waals surface area contributed by atoms with Gasteiger partial charge >= 0.3 is 0 Å². The Bertz CT molecular complexity index is 165. The van der Waals surface area contributed by atoms with Gasteiger partial charge in [0.2, 0.25) is 5.91 Å². The average molecular weight is 218 g/mol. The number of aliphatic hydroxyl groups is 1. The molecule has 1 amide bonds. The molecule has 0 aromatic carbocycles. The van der Waals surface area contributed by atoms with Crippen LogP contribution in [0.5, 0.6) is 0 Å². The fraction of sp³-hybridized carbons (Fsp3) is 0.900. The summed E-state index contributed by atoms with van der Waals surface area (Å²) >= 11 is 0. The maximum Gasteiger partial charge on any atom is 0.236 e. The van der Waals surface area contributed by atoms with Crippen molar-refractivity contribution in [1.29, 1.82) is 0 Å². The lowest BCUT2D eigenvalue weighted by Crippen LogP contribution is -2.43. The molecule has 0 rings (SSSR count). The molecule has 1 atom stereocenters. The minimum Gasteiger partial charge on any atom is -0.394 e. The Morgan fingerprint density at radius 3 is 2.73 bits per heavy atom. The summed E-state index contributed by atoms with van der Waals surface area (Å²) in [7, 11) is 0. The Hall–Kier alpha value is -0.650. The minimum absolute atomic E-state index is 0.0130. The molecular weight excluding hydrogens is 196 g/mol. The molecule has 0 heterocycles. The Morgan fingerprint density at radius 1 is 1.40 bits per heavy atom. The maximum atomic E-state index is 11.4. The second-order valence-electron chi connectivity index (χ2n) is 3.30. The van der Waals surface area contributed by atoms with E-state index in [0.29, 0.717) is 26.3 Å². The van der Waals surface area contributed by atoms with Crippen molar-refractivity contribution >= 4 is 5.91 Å². The molecule has 3 N–H and O–H groups in total. The van der Waals surface area contributed by atoms with E-state index in [4.69, 9.17) is 9.84 Å². The van der Waals surface area contributed by atoms with Gasteiger partial charge in [-0.05, 0) is 13.3 Å². The molecule has 0 radical (unpaired) electrons. The highest BCUT2D eigenvalue weighted by molar-refractivity contribution is 5.81. The molecule has 90 valence electrons. The fourth-order valence-corrected chi connectivity index (χ4v) is 1.01. The highest BCUT2D eigenvalue weighted by Crippen LogP contribution is 1.83. The summed E-state index contributed by atoms with van der Waals surface area (Å²) in [5.41, 5.74) is 0. The molecule has 0 saturated carbocycles. The normalized spacial score (nSPS) is 12.5. The van der Waals surface area contributed by atoms with Gasteiger partial charge in [-0.1, -0.05) is 6.92 Å². The maximum absolute atomic E-state index is 11.4. The van der Waals surface area contributed by atoms with E-state index in [-0.39, 0.29) is 18.6 Å². The molecule has 0 fully saturated rings. The Labute approximate surface area is 91.2 Å². The van der Waals surface area contributed by atoms with Gasteiger partial charge in [-0.3, -0.25) is 4.79 Å². The van der Waals surface area contributed by atoms with Crippen molar-refractivity contribution in [1.82, 2.24) is 10.6 Å². The van der Waals surface area contributed by atoms with Gasteiger partial charge in [0.25, 0.3) is 0 Å². The zero-order valence-electron chi connectivity index (χ0n) is 9.58. The molecule has 0 aromatic heterocycles. The smallest absolute Gasteiger partial charge is 0.236 e. The van der Waals surface area contributed by atoms with Gasteiger partial charge < -0.3 is 20.5 Å². The molecule has 15 heavy (non-hydrogen) atoms. The Kier molecular flexibility index (Phi) is 9.46. The van der Waals surface area contributed by atoms with Crippen LogP contribution in [-0.2, 0) is 9.53 Å². The lowest BCUT2D eigenvalue weighted by Gasteiger charge is -2.13. The quantitative estimate of drug-likeness (QED) is 0.456. The minimum atomic E-state index is -0.200. The van der Waals surface area contributed by atoms with Crippen LogP contribution in [0.25, 0.3) is 0 Å². The molecule has 0 aliphatic carbocycles. The number of carbonyl (C=O) groups is 1. The zero-order chi connectivity index (χ0) is 11.5. The summed E-state index contributed by atoms with van der Waals surface area (Å²) in [5, 5.41) is 14.3. The second-order valence-corrected chi connectivity index (χ2v) is 3.30. The summed E-state index contributed by atoms with van der Waals surface area (Å²) in [4.78, 5) is 11.4. The van der Waals surface area contributed by atoms with Crippen LogP contribution in [0, 0.1) is 0 Å². The Balaban J connectivity index is 3.38. The van der Waals surface area contributed by atoms with Crippen LogP contribution in [0.4, 0.5) is 0 Å². The Morgan fingerprint density at radius 2 is 2.13 bits per heavy atom. The van der Waals surface area contributed by atoms with Gasteiger partial charge in [0, 0.05) is 13.1 Å². The third-order valence-corrected chi connectivity index (χ3v) is 1.88. The van der Waals surface area contributed by atoms with E-state index in [9.17, 15) is 4.79 Å². The fourth-order valence-electron chi connectivity index (χ4n) is 1.01. The molecule has 5 nitrogen and oxygen atoms in total. The first-order valence-electron chi connectivity index (χ1n) is 5.42. The summed E-state index contributed by atoms with van der Waals surface area (Å²) in [5.74, 6) is 0.0130. The molecule has 0 aliphatic heterocycles. The van der Waals surface area contributed by atoms with E-state index >= 15 is 0 Å². The van der Waals surface area contributed by atoms with Crippen LogP contribution in [-0.4, -0.2) is 50.0 Å². The first-order valence-corrected chi connectivity index (χ1v) is 5.42. The van der Waals surface area contributed by atoms with E-state index in [2.05, 4.69) is 10.6 Å². The lowest BCUT2D eigenvalue weighted by molar-refractivity contribution is -0.122. The molecule has 0 spiro atoms. The van der Waals surface area contributed by atoms with Gasteiger partial charge in [0.15, 0.2) is 0 Å². The molecule has 0 bridgehead atoms. The average Bonchev–Trinajstić information content (AvgIpc) is 2.25. The largest absolute Gasteiger partial charge is 0.394 e. The van der Waals surface area contributed by atoms with Crippen molar-refractivity contribution in [2.45, 2.75) is 26.3 Å². The van der Waals surface area contributed by atoms with Crippen LogP contribution >= 0.6 is 0 Å². The monoisotopic (exact) mass is 218 g/mol. The van der Waals surface area contributed by atoms with Gasteiger partial charge in [-0.15, -0.1) is 0 Å². The van der Waals surface area contributed by atoms with Gasteiger partial charge in [-0.2, -0.15) is 0 Å². The zero-order valence-corrected chi connectivity index (χ0v) is 9.58. The topological polar surface area (TPSA) is 70.6 Å². The summed E-state index contributed by atoms with van der Waals surface area (Å²) in [6, 6.07) is -0.200. The number of rotatable bonds is 9. The van der Waals surface area contributed by atoms with Crippen LogP contribution < -0.4 is 10.6 Å². The molecule has 0 aliphatic rings. The highest BCUT2D eigenvalue weighted by Gasteiger charge is 2.09. The SMILES string of the molecule is CCCNC(=O)C(C)NCCOCCO. The summed E-state index contributed by atoms with van der Waals surface area (Å²) < 4.78 is 5.05. The summed E-state index contributed by atoms with van der Waals surface area (Å²) in [6.45, 7) is 6.04. The van der Waals surface area contributed by atoms with E-state index in [0.717, 1.165) is 6.42 Å². The van der Waals surface area contributed by atoms with E-state index in [1.165, 1.54) is 0 Å². The van der Waals surface area contributed by atoms with Crippen LogP contribution in [0.2, 0.25) is 0 Å². The van der Waals surface area contributed by atoms with Crippen molar-refractivity contribution in [3.63, 3.8) is 0 Å². The van der Waals surface area contributed by atoms with E-state index in [1.807, 2.05) is 13.8 Å². The second kappa shape index (κ2) is 9.89. The lowest BCUT2D eigenvalue weighted by atomic mass is 10.3. The molecular formula is C10H22N2O3. The van der Waals surface area contributed by atoms with Crippen molar-refractivity contribution in [3.05, 3.63) is 0 Å². The molecule has 0 saturated heterocycles. The standard InChI is InChI=1S/C10H22N2O3/c1-3-4-12-10(14)9(2)11-5-7-15-8-6-13/h9,11,13H,3-8H2,1-2H3,(H,12,14). The van der Waals surface area contributed by atoms with Crippen LogP contribution in [0.1, 0.15) is 20.3 Å². The van der Waals surface area contributed by atoms with E-state index in [1.54, 1.807) is 0 Å². The number of hydrogen-bond acceptors (Lipinski definition) is 4. The van der Waals surface area contributed by atoms with Crippen molar-refractivity contribution in [2.24, 2.45) is 0 Å². The predicted octanol–water partition coefficient (Wildman–Crippen LogP) is -0.500. The van der Waals surface area contributed by atoms with Crippen LogP contribution in [0.3, 0.4) is 0 Å². The van der Waals surface area contributed by atoms with Crippen molar-refractivity contribution in [2.75, 3.05) is 32.9 Å². The van der Waals surface area contributed by atoms with Crippen molar-refractivity contribution in [3.8, 4) is 0 Å². The van der Waals surface area contributed by atoms with Crippen molar-refractivity contribution < 1.29 is 14.6 Å². The molecule has 1 unspecified atom stereocenters. The third-order valence-electron chi connectivity index (χ3n) is 1.88. The number of hydrogen-bond donors (Lipinski definition) is 3.